The number of sulfonamides is 1. The van der Waals surface area contributed by atoms with Gasteiger partial charge in [0.15, 0.2) is 0 Å². The summed E-state index contributed by atoms with van der Waals surface area (Å²) in [4.78, 5) is 30.7. The summed E-state index contributed by atoms with van der Waals surface area (Å²) in [5.74, 6) is -0.736. The first-order valence-electron chi connectivity index (χ1n) is 9.21. The van der Waals surface area contributed by atoms with Crippen LogP contribution in [0.1, 0.15) is 44.8 Å². The lowest BCUT2D eigenvalue weighted by molar-refractivity contribution is 0.0534. The SMILES string of the molecule is Cc1ccc(S(=O)(=O)N2CCC(N3C(=O)c4cccnc4C3=O)CC2)cc1C. The van der Waals surface area contributed by atoms with Crippen molar-refractivity contribution in [3.63, 3.8) is 0 Å². The second kappa shape index (κ2) is 6.79. The van der Waals surface area contributed by atoms with Crippen LogP contribution in [0.15, 0.2) is 41.4 Å². The minimum atomic E-state index is -3.60. The number of imide groups is 1. The number of aryl methyl sites for hydroxylation is 2. The van der Waals surface area contributed by atoms with E-state index < -0.39 is 15.9 Å². The third-order valence-corrected chi connectivity index (χ3v) is 7.48. The molecule has 0 atom stereocenters. The first kappa shape index (κ1) is 18.8. The second-order valence-electron chi connectivity index (χ2n) is 7.26. The standard InChI is InChI=1S/C20H21N3O4S/c1-13-5-6-16(12-14(13)2)28(26,27)22-10-7-15(8-11-22)23-19(24)17-4-3-9-21-18(17)20(23)25/h3-6,9,12,15H,7-8,10-11H2,1-2H3. The van der Waals surface area contributed by atoms with E-state index in [1.54, 1.807) is 30.3 Å². The summed E-state index contributed by atoms with van der Waals surface area (Å²) in [5.41, 5.74) is 2.46. The molecule has 1 fully saturated rings. The van der Waals surface area contributed by atoms with Gasteiger partial charge < -0.3 is 0 Å². The van der Waals surface area contributed by atoms with Gasteiger partial charge in [0.2, 0.25) is 10.0 Å². The molecule has 2 aliphatic rings. The molecule has 0 spiro atoms. The molecular formula is C20H21N3O4S. The molecule has 0 radical (unpaired) electrons. The molecule has 0 saturated carbocycles. The Morgan fingerprint density at radius 1 is 1.00 bits per heavy atom. The van der Waals surface area contributed by atoms with Gasteiger partial charge in [-0.1, -0.05) is 6.07 Å². The van der Waals surface area contributed by atoms with Gasteiger partial charge in [0.25, 0.3) is 11.8 Å². The lowest BCUT2D eigenvalue weighted by Gasteiger charge is -2.35. The van der Waals surface area contributed by atoms with Crippen LogP contribution in [-0.2, 0) is 10.0 Å². The summed E-state index contributed by atoms with van der Waals surface area (Å²) in [6.45, 7) is 4.35. The second-order valence-corrected chi connectivity index (χ2v) is 9.20. The van der Waals surface area contributed by atoms with Crippen LogP contribution in [0, 0.1) is 13.8 Å². The van der Waals surface area contributed by atoms with E-state index in [-0.39, 0.29) is 35.6 Å². The topological polar surface area (TPSA) is 87.7 Å². The van der Waals surface area contributed by atoms with Crippen LogP contribution in [0.3, 0.4) is 0 Å². The summed E-state index contributed by atoms with van der Waals surface area (Å²) in [6, 6.07) is 8.03. The molecule has 1 aromatic carbocycles. The number of carbonyl (C=O) groups excluding carboxylic acids is 2. The van der Waals surface area contributed by atoms with Crippen LogP contribution in [0.25, 0.3) is 0 Å². The van der Waals surface area contributed by atoms with Crippen molar-refractivity contribution in [3.05, 3.63) is 58.9 Å². The van der Waals surface area contributed by atoms with Gasteiger partial charge in [-0.3, -0.25) is 19.5 Å². The molecule has 1 saturated heterocycles. The first-order chi connectivity index (χ1) is 13.3. The van der Waals surface area contributed by atoms with Gasteiger partial charge in [-0.05, 0) is 62.1 Å². The summed E-state index contributed by atoms with van der Waals surface area (Å²) in [5, 5.41) is 0. The van der Waals surface area contributed by atoms with Crippen molar-refractivity contribution >= 4 is 21.8 Å². The average molecular weight is 399 g/mol. The Balaban J connectivity index is 1.50. The molecule has 7 nitrogen and oxygen atoms in total. The molecule has 146 valence electrons. The number of amides is 2. The van der Waals surface area contributed by atoms with Gasteiger partial charge in [0, 0.05) is 25.3 Å². The maximum atomic E-state index is 13.0. The van der Waals surface area contributed by atoms with Crippen molar-refractivity contribution < 1.29 is 18.0 Å². The predicted octanol–water partition coefficient (Wildman–Crippen LogP) is 2.15. The quantitative estimate of drug-likeness (QED) is 0.738. The van der Waals surface area contributed by atoms with Crippen LogP contribution < -0.4 is 0 Å². The largest absolute Gasteiger partial charge is 0.280 e. The summed E-state index contributed by atoms with van der Waals surface area (Å²) < 4.78 is 27.3. The molecular weight excluding hydrogens is 378 g/mol. The van der Waals surface area contributed by atoms with E-state index in [9.17, 15) is 18.0 Å². The van der Waals surface area contributed by atoms with Crippen molar-refractivity contribution in [2.45, 2.75) is 37.6 Å². The highest BCUT2D eigenvalue weighted by Gasteiger charge is 2.43. The maximum Gasteiger partial charge on any atom is 0.280 e. The number of nitrogens with zero attached hydrogens (tertiary/aromatic N) is 3. The molecule has 0 unspecified atom stereocenters. The van der Waals surface area contributed by atoms with E-state index in [4.69, 9.17) is 0 Å². The number of hydrogen-bond acceptors (Lipinski definition) is 5. The number of pyridine rings is 1. The van der Waals surface area contributed by atoms with Crippen molar-refractivity contribution in [1.82, 2.24) is 14.2 Å². The Hall–Kier alpha value is -2.58. The van der Waals surface area contributed by atoms with Crippen LogP contribution in [0.2, 0.25) is 0 Å². The van der Waals surface area contributed by atoms with Gasteiger partial charge in [-0.15, -0.1) is 0 Å². The number of carbonyl (C=O) groups is 2. The van der Waals surface area contributed by atoms with E-state index in [1.807, 2.05) is 13.8 Å². The molecule has 8 heteroatoms. The first-order valence-corrected chi connectivity index (χ1v) is 10.6. The number of rotatable bonds is 3. The van der Waals surface area contributed by atoms with Crippen LogP contribution in [-0.4, -0.2) is 53.6 Å². The summed E-state index contributed by atoms with van der Waals surface area (Å²) in [6.07, 6.45) is 2.32. The molecule has 2 amide bonds. The van der Waals surface area contributed by atoms with E-state index in [1.165, 1.54) is 15.4 Å². The predicted molar refractivity (Wildman–Crippen MR) is 102 cm³/mol. The van der Waals surface area contributed by atoms with Crippen LogP contribution >= 0.6 is 0 Å². The third-order valence-electron chi connectivity index (χ3n) is 5.58. The smallest absolute Gasteiger partial charge is 0.270 e. The minimum absolute atomic E-state index is 0.178. The highest BCUT2D eigenvalue weighted by molar-refractivity contribution is 7.89. The fourth-order valence-corrected chi connectivity index (χ4v) is 5.34. The van der Waals surface area contributed by atoms with Crippen molar-refractivity contribution in [3.8, 4) is 0 Å². The Morgan fingerprint density at radius 3 is 2.36 bits per heavy atom. The minimum Gasteiger partial charge on any atom is -0.270 e. The fraction of sp³-hybridized carbons (Fsp3) is 0.350. The lowest BCUT2D eigenvalue weighted by atomic mass is 10.1. The Morgan fingerprint density at radius 2 is 1.71 bits per heavy atom. The zero-order valence-corrected chi connectivity index (χ0v) is 16.6. The number of fused-ring (bicyclic) bond motifs is 1. The molecule has 0 aliphatic carbocycles. The molecule has 0 N–H and O–H groups in total. The average Bonchev–Trinajstić information content (AvgIpc) is 2.95. The molecule has 2 aromatic rings. The van der Waals surface area contributed by atoms with E-state index >= 15 is 0 Å². The number of hydrogen-bond donors (Lipinski definition) is 0. The maximum absolute atomic E-state index is 13.0. The number of benzene rings is 1. The highest BCUT2D eigenvalue weighted by atomic mass is 32.2. The third kappa shape index (κ3) is 2.93. The zero-order valence-electron chi connectivity index (χ0n) is 15.8. The van der Waals surface area contributed by atoms with E-state index in [0.717, 1.165) is 11.1 Å². The van der Waals surface area contributed by atoms with Gasteiger partial charge in [0.1, 0.15) is 5.69 Å². The van der Waals surface area contributed by atoms with Gasteiger partial charge in [-0.2, -0.15) is 4.31 Å². The normalized spacial score (nSPS) is 18.6. The molecule has 0 bridgehead atoms. The number of piperidine rings is 1. The number of aromatic nitrogens is 1. The Bertz CT molecular complexity index is 1040. The van der Waals surface area contributed by atoms with E-state index in [2.05, 4.69) is 4.98 Å². The summed E-state index contributed by atoms with van der Waals surface area (Å²) in [7, 11) is -3.60. The van der Waals surface area contributed by atoms with Crippen molar-refractivity contribution in [1.29, 1.82) is 0 Å². The fourth-order valence-electron chi connectivity index (χ4n) is 3.78. The van der Waals surface area contributed by atoms with Crippen molar-refractivity contribution in [2.24, 2.45) is 0 Å². The molecule has 2 aliphatic heterocycles. The monoisotopic (exact) mass is 399 g/mol. The van der Waals surface area contributed by atoms with Crippen molar-refractivity contribution in [2.75, 3.05) is 13.1 Å². The summed E-state index contributed by atoms with van der Waals surface area (Å²) >= 11 is 0. The van der Waals surface area contributed by atoms with Gasteiger partial charge in [-0.25, -0.2) is 8.42 Å². The van der Waals surface area contributed by atoms with Gasteiger partial charge >= 0.3 is 0 Å². The van der Waals surface area contributed by atoms with Crippen LogP contribution in [0.5, 0.6) is 0 Å². The highest BCUT2D eigenvalue weighted by Crippen LogP contribution is 2.29. The lowest BCUT2D eigenvalue weighted by Crippen LogP contribution is -2.48. The molecule has 3 heterocycles. The van der Waals surface area contributed by atoms with Gasteiger partial charge in [0.05, 0.1) is 10.5 Å². The zero-order chi connectivity index (χ0) is 20.1. The molecule has 28 heavy (non-hydrogen) atoms. The Kier molecular flexibility index (Phi) is 4.55. The molecule has 1 aromatic heterocycles. The Labute approximate surface area is 164 Å². The molecule has 4 rings (SSSR count). The van der Waals surface area contributed by atoms with Crippen LogP contribution in [0.4, 0.5) is 0 Å². The van der Waals surface area contributed by atoms with E-state index in [0.29, 0.717) is 18.4 Å².